The van der Waals surface area contributed by atoms with Crippen LogP contribution in [-0.2, 0) is 4.79 Å². The molecule has 2 aliphatic rings. The van der Waals surface area contributed by atoms with Gasteiger partial charge in [0.25, 0.3) is 5.91 Å². The smallest absolute Gasteiger partial charge is 0.270 e. The summed E-state index contributed by atoms with van der Waals surface area (Å²) in [6.07, 6.45) is 7.55. The van der Waals surface area contributed by atoms with Gasteiger partial charge in [0.2, 0.25) is 5.88 Å². The lowest BCUT2D eigenvalue weighted by Gasteiger charge is -2.38. The van der Waals surface area contributed by atoms with Crippen molar-refractivity contribution in [3.8, 4) is 5.88 Å². The van der Waals surface area contributed by atoms with E-state index in [2.05, 4.69) is 20.3 Å². The van der Waals surface area contributed by atoms with E-state index in [4.69, 9.17) is 4.74 Å². The number of nitrogens with zero attached hydrogens (tertiary/aromatic N) is 3. The van der Waals surface area contributed by atoms with Gasteiger partial charge in [-0.1, -0.05) is 6.08 Å². The predicted molar refractivity (Wildman–Crippen MR) is 103 cm³/mol. The van der Waals surface area contributed by atoms with Gasteiger partial charge in [-0.2, -0.15) is 0 Å². The van der Waals surface area contributed by atoms with Crippen molar-refractivity contribution in [3.63, 3.8) is 0 Å². The van der Waals surface area contributed by atoms with E-state index in [9.17, 15) is 9.59 Å². The van der Waals surface area contributed by atoms with Crippen LogP contribution in [0.1, 0.15) is 35.1 Å². The zero-order chi connectivity index (χ0) is 19.7. The van der Waals surface area contributed by atoms with E-state index in [-0.39, 0.29) is 23.8 Å². The summed E-state index contributed by atoms with van der Waals surface area (Å²) in [7, 11) is 0. The normalized spacial score (nSPS) is 19.7. The SMILES string of the molecule is CC(=O)C1C=C(c2nccnc2OC2CN(C(=O)c3cc(C)c[nH]3)C2)CCN1. The van der Waals surface area contributed by atoms with Crippen LogP contribution in [0, 0.1) is 6.92 Å². The number of hydrogen-bond acceptors (Lipinski definition) is 6. The molecule has 4 rings (SSSR count). The third-order valence-electron chi connectivity index (χ3n) is 5.00. The number of ketones is 1. The molecule has 2 aromatic heterocycles. The van der Waals surface area contributed by atoms with Gasteiger partial charge in [0.1, 0.15) is 17.5 Å². The summed E-state index contributed by atoms with van der Waals surface area (Å²) in [5.41, 5.74) is 3.24. The van der Waals surface area contributed by atoms with Gasteiger partial charge >= 0.3 is 0 Å². The Morgan fingerprint density at radius 1 is 1.25 bits per heavy atom. The third kappa shape index (κ3) is 3.68. The summed E-state index contributed by atoms with van der Waals surface area (Å²) in [5.74, 6) is 0.486. The number of H-pyrrole nitrogens is 1. The number of nitrogens with one attached hydrogen (secondary N) is 2. The van der Waals surface area contributed by atoms with Crippen molar-refractivity contribution in [2.45, 2.75) is 32.4 Å². The number of ether oxygens (including phenoxy) is 1. The molecule has 8 heteroatoms. The van der Waals surface area contributed by atoms with Crippen molar-refractivity contribution in [2.24, 2.45) is 0 Å². The molecule has 0 bridgehead atoms. The number of aryl methyl sites for hydroxylation is 1. The molecule has 0 spiro atoms. The van der Waals surface area contributed by atoms with Crippen LogP contribution in [0.3, 0.4) is 0 Å². The Labute approximate surface area is 163 Å². The number of amides is 1. The van der Waals surface area contributed by atoms with Gasteiger partial charge in [-0.05, 0) is 37.5 Å². The van der Waals surface area contributed by atoms with E-state index >= 15 is 0 Å². The highest BCUT2D eigenvalue weighted by atomic mass is 16.5. The molecule has 1 atom stereocenters. The molecule has 2 N–H and O–H groups in total. The van der Waals surface area contributed by atoms with Crippen LogP contribution in [0.2, 0.25) is 0 Å². The Bertz CT molecular complexity index is 929. The Morgan fingerprint density at radius 3 is 2.75 bits per heavy atom. The number of Topliss-reactive ketones (excluding diaryl/α,β-unsaturated/α-hetero) is 1. The zero-order valence-electron chi connectivity index (χ0n) is 15.9. The lowest BCUT2D eigenvalue weighted by atomic mass is 9.99. The highest BCUT2D eigenvalue weighted by molar-refractivity contribution is 5.93. The lowest BCUT2D eigenvalue weighted by molar-refractivity contribution is -0.117. The maximum atomic E-state index is 12.4. The first-order valence-electron chi connectivity index (χ1n) is 9.38. The Morgan fingerprint density at radius 2 is 2.04 bits per heavy atom. The van der Waals surface area contributed by atoms with E-state index in [0.29, 0.717) is 36.9 Å². The molecule has 0 saturated carbocycles. The van der Waals surface area contributed by atoms with E-state index in [1.54, 1.807) is 24.2 Å². The first-order valence-corrected chi connectivity index (χ1v) is 9.38. The van der Waals surface area contributed by atoms with Crippen molar-refractivity contribution in [3.05, 3.63) is 47.7 Å². The Kier molecular flexibility index (Phi) is 4.95. The van der Waals surface area contributed by atoms with Crippen LogP contribution in [-0.4, -0.2) is 63.3 Å². The number of likely N-dealkylation sites (tertiary alicyclic amines) is 1. The van der Waals surface area contributed by atoms with Crippen molar-refractivity contribution >= 4 is 17.3 Å². The number of carbonyl (C=O) groups is 2. The first-order chi connectivity index (χ1) is 13.5. The average Bonchev–Trinajstić information content (AvgIpc) is 3.10. The standard InChI is InChI=1S/C20H23N5O3/c1-12-7-17(24-9-12)20(27)25-10-15(11-25)28-19-18(22-5-6-23-19)14-3-4-21-16(8-14)13(2)26/h5-9,15-16,21,24H,3-4,10-11H2,1-2H3. The second kappa shape index (κ2) is 7.55. The lowest BCUT2D eigenvalue weighted by Crippen LogP contribution is -2.56. The summed E-state index contributed by atoms with van der Waals surface area (Å²) < 4.78 is 6.03. The second-order valence-corrected chi connectivity index (χ2v) is 7.24. The molecule has 28 heavy (non-hydrogen) atoms. The minimum atomic E-state index is -0.306. The molecule has 146 valence electrons. The van der Waals surface area contributed by atoms with Gasteiger partial charge in [-0.3, -0.25) is 9.59 Å². The van der Waals surface area contributed by atoms with Crippen LogP contribution in [0.25, 0.3) is 5.57 Å². The van der Waals surface area contributed by atoms with Gasteiger partial charge < -0.3 is 19.9 Å². The number of hydrogen-bond donors (Lipinski definition) is 2. The van der Waals surface area contributed by atoms with Gasteiger partial charge in [-0.25, -0.2) is 9.97 Å². The molecule has 4 heterocycles. The van der Waals surface area contributed by atoms with Crippen LogP contribution < -0.4 is 10.1 Å². The van der Waals surface area contributed by atoms with Crippen LogP contribution >= 0.6 is 0 Å². The molecule has 1 unspecified atom stereocenters. The van der Waals surface area contributed by atoms with E-state index < -0.39 is 0 Å². The number of aromatic nitrogens is 3. The molecule has 1 fully saturated rings. The minimum Gasteiger partial charge on any atom is -0.469 e. The molecule has 2 aromatic rings. The topological polar surface area (TPSA) is 100 Å². The van der Waals surface area contributed by atoms with Crippen molar-refractivity contribution < 1.29 is 14.3 Å². The van der Waals surface area contributed by atoms with E-state index in [1.807, 2.05) is 25.3 Å². The highest BCUT2D eigenvalue weighted by Crippen LogP contribution is 2.28. The molecule has 1 amide bonds. The van der Waals surface area contributed by atoms with Gasteiger partial charge in [0.05, 0.1) is 19.1 Å². The minimum absolute atomic E-state index is 0.0299. The van der Waals surface area contributed by atoms with Gasteiger partial charge in [0.15, 0.2) is 5.78 Å². The summed E-state index contributed by atoms with van der Waals surface area (Å²) in [4.78, 5) is 37.6. The van der Waals surface area contributed by atoms with Crippen molar-refractivity contribution in [2.75, 3.05) is 19.6 Å². The third-order valence-corrected chi connectivity index (χ3v) is 5.00. The summed E-state index contributed by atoms with van der Waals surface area (Å²) in [6, 6.07) is 1.53. The second-order valence-electron chi connectivity index (χ2n) is 7.24. The monoisotopic (exact) mass is 381 g/mol. The quantitative estimate of drug-likeness (QED) is 0.811. The van der Waals surface area contributed by atoms with E-state index in [0.717, 1.165) is 17.6 Å². The fraction of sp³-hybridized carbons (Fsp3) is 0.400. The number of carbonyl (C=O) groups excluding carboxylic acids is 2. The summed E-state index contributed by atoms with van der Waals surface area (Å²) in [6.45, 7) is 5.22. The Balaban J connectivity index is 1.43. The average molecular weight is 381 g/mol. The zero-order valence-corrected chi connectivity index (χ0v) is 15.9. The van der Waals surface area contributed by atoms with Crippen molar-refractivity contribution in [1.82, 2.24) is 25.2 Å². The maximum absolute atomic E-state index is 12.4. The Hall–Kier alpha value is -3.00. The molecular formula is C20H23N5O3. The molecule has 1 saturated heterocycles. The van der Waals surface area contributed by atoms with Crippen molar-refractivity contribution in [1.29, 1.82) is 0 Å². The predicted octanol–water partition coefficient (Wildman–Crippen LogP) is 1.35. The van der Waals surface area contributed by atoms with Crippen LogP contribution in [0.4, 0.5) is 0 Å². The van der Waals surface area contributed by atoms with Gasteiger partial charge in [-0.15, -0.1) is 0 Å². The highest BCUT2D eigenvalue weighted by Gasteiger charge is 2.34. The first kappa shape index (κ1) is 18.4. The number of rotatable bonds is 5. The maximum Gasteiger partial charge on any atom is 0.270 e. The molecule has 8 nitrogen and oxygen atoms in total. The molecular weight excluding hydrogens is 358 g/mol. The van der Waals surface area contributed by atoms with E-state index in [1.165, 1.54) is 0 Å². The largest absolute Gasteiger partial charge is 0.469 e. The number of aromatic amines is 1. The summed E-state index contributed by atoms with van der Waals surface area (Å²) >= 11 is 0. The van der Waals surface area contributed by atoms with Crippen LogP contribution in [0.15, 0.2) is 30.7 Å². The van der Waals surface area contributed by atoms with Gasteiger partial charge in [0, 0.05) is 25.1 Å². The fourth-order valence-corrected chi connectivity index (χ4v) is 3.43. The molecule has 2 aliphatic heterocycles. The molecule has 0 aliphatic carbocycles. The van der Waals surface area contributed by atoms with Crippen LogP contribution in [0.5, 0.6) is 5.88 Å². The fourth-order valence-electron chi connectivity index (χ4n) is 3.43. The summed E-state index contributed by atoms with van der Waals surface area (Å²) in [5, 5.41) is 3.17. The molecule has 0 radical (unpaired) electrons. The molecule has 0 aromatic carbocycles.